The normalized spacial score (nSPS) is 13.9. The highest BCUT2D eigenvalue weighted by atomic mass is 16.5. The van der Waals surface area contributed by atoms with Crippen molar-refractivity contribution < 1.29 is 23.9 Å². The lowest BCUT2D eigenvalue weighted by atomic mass is 10.0. The van der Waals surface area contributed by atoms with Crippen molar-refractivity contribution in [3.05, 3.63) is 54.1 Å². The summed E-state index contributed by atoms with van der Waals surface area (Å²) < 4.78 is 10.2. The highest BCUT2D eigenvalue weighted by Gasteiger charge is 2.56. The predicted octanol–water partition coefficient (Wildman–Crippen LogP) is 3.23. The highest BCUT2D eigenvalue weighted by Crippen LogP contribution is 2.47. The van der Waals surface area contributed by atoms with Gasteiger partial charge in [0.1, 0.15) is 11.2 Å². The lowest BCUT2D eigenvalue weighted by Crippen LogP contribution is -2.36. The molecule has 3 rings (SSSR count). The molecule has 0 bridgehead atoms. The summed E-state index contributed by atoms with van der Waals surface area (Å²) in [4.78, 5) is 37.7. The van der Waals surface area contributed by atoms with Crippen LogP contribution in [0.3, 0.4) is 0 Å². The molecule has 0 atom stereocenters. The number of nitrogens with one attached hydrogen (secondary N) is 2. The number of methoxy groups -OCH3 is 1. The minimum absolute atomic E-state index is 0.230. The van der Waals surface area contributed by atoms with Crippen LogP contribution in [0.15, 0.2) is 48.5 Å². The molecule has 0 radical (unpaired) electrons. The van der Waals surface area contributed by atoms with Gasteiger partial charge in [0.2, 0.25) is 11.8 Å². The number of ether oxygens (including phenoxy) is 2. The molecule has 0 aromatic heterocycles. The minimum atomic E-state index is -1.15. The van der Waals surface area contributed by atoms with Crippen LogP contribution in [0.2, 0.25) is 0 Å². The van der Waals surface area contributed by atoms with Crippen molar-refractivity contribution in [2.75, 3.05) is 24.4 Å². The number of amides is 2. The highest BCUT2D eigenvalue weighted by molar-refractivity contribution is 6.17. The summed E-state index contributed by atoms with van der Waals surface area (Å²) in [6.45, 7) is 1.94. The molecular weight excluding hydrogens is 360 g/mol. The van der Waals surface area contributed by atoms with Crippen molar-refractivity contribution in [1.82, 2.24) is 0 Å². The SMILES string of the molecule is CCOC(=O)c1ccccc1NC(=O)C1(C(=O)Nc2cccc(OC)c2)CC1. The quantitative estimate of drug-likeness (QED) is 0.566. The Hall–Kier alpha value is -3.35. The Morgan fingerprint density at radius 2 is 1.71 bits per heavy atom. The number of carbonyl (C=O) groups is 3. The minimum Gasteiger partial charge on any atom is -0.497 e. The molecule has 1 saturated carbocycles. The molecular formula is C21H22N2O5. The van der Waals surface area contributed by atoms with E-state index in [1.807, 2.05) is 0 Å². The van der Waals surface area contributed by atoms with E-state index in [1.54, 1.807) is 55.5 Å². The van der Waals surface area contributed by atoms with Gasteiger partial charge in [0.25, 0.3) is 0 Å². The van der Waals surface area contributed by atoms with Crippen LogP contribution in [0, 0.1) is 5.41 Å². The van der Waals surface area contributed by atoms with Crippen molar-refractivity contribution >= 4 is 29.2 Å². The molecule has 2 aromatic carbocycles. The number of hydrogen-bond donors (Lipinski definition) is 2. The molecule has 0 heterocycles. The van der Waals surface area contributed by atoms with Gasteiger partial charge in [-0.25, -0.2) is 4.79 Å². The molecule has 0 saturated heterocycles. The first kappa shape index (κ1) is 19.4. The van der Waals surface area contributed by atoms with Crippen molar-refractivity contribution in [3.63, 3.8) is 0 Å². The van der Waals surface area contributed by atoms with Crippen molar-refractivity contribution in [2.24, 2.45) is 5.41 Å². The van der Waals surface area contributed by atoms with Crippen LogP contribution in [-0.4, -0.2) is 31.5 Å². The fourth-order valence-electron chi connectivity index (χ4n) is 2.85. The molecule has 0 aliphatic heterocycles. The van der Waals surface area contributed by atoms with Crippen LogP contribution >= 0.6 is 0 Å². The third-order valence-corrected chi connectivity index (χ3v) is 4.62. The molecule has 0 spiro atoms. The van der Waals surface area contributed by atoms with Gasteiger partial charge < -0.3 is 20.1 Å². The summed E-state index contributed by atoms with van der Waals surface area (Å²) in [6.07, 6.45) is 0.881. The summed E-state index contributed by atoms with van der Waals surface area (Å²) in [5, 5.41) is 5.49. The van der Waals surface area contributed by atoms with E-state index in [1.165, 1.54) is 7.11 Å². The van der Waals surface area contributed by atoms with Gasteiger partial charge in [-0.1, -0.05) is 18.2 Å². The van der Waals surface area contributed by atoms with E-state index < -0.39 is 17.3 Å². The van der Waals surface area contributed by atoms with Gasteiger partial charge in [-0.15, -0.1) is 0 Å². The van der Waals surface area contributed by atoms with Gasteiger partial charge in [-0.2, -0.15) is 0 Å². The number of anilines is 2. The van der Waals surface area contributed by atoms with Crippen LogP contribution in [0.4, 0.5) is 11.4 Å². The molecule has 2 N–H and O–H groups in total. The van der Waals surface area contributed by atoms with Gasteiger partial charge in [0.15, 0.2) is 0 Å². The largest absolute Gasteiger partial charge is 0.497 e. The lowest BCUT2D eigenvalue weighted by Gasteiger charge is -2.17. The van der Waals surface area contributed by atoms with Crippen LogP contribution < -0.4 is 15.4 Å². The number of rotatable bonds is 7. The molecule has 1 aliphatic carbocycles. The van der Waals surface area contributed by atoms with Gasteiger partial charge >= 0.3 is 5.97 Å². The Labute approximate surface area is 163 Å². The van der Waals surface area contributed by atoms with Crippen LogP contribution in [-0.2, 0) is 14.3 Å². The maximum absolute atomic E-state index is 12.8. The Morgan fingerprint density at radius 3 is 2.39 bits per heavy atom. The lowest BCUT2D eigenvalue weighted by molar-refractivity contribution is -0.131. The fraction of sp³-hybridized carbons (Fsp3) is 0.286. The maximum Gasteiger partial charge on any atom is 0.340 e. The number of benzene rings is 2. The molecule has 7 nitrogen and oxygen atoms in total. The molecule has 7 heteroatoms. The third kappa shape index (κ3) is 3.98. The van der Waals surface area contributed by atoms with E-state index in [0.29, 0.717) is 30.0 Å². The average molecular weight is 382 g/mol. The summed E-state index contributed by atoms with van der Waals surface area (Å²) in [6, 6.07) is 13.5. The van der Waals surface area contributed by atoms with Crippen LogP contribution in [0.1, 0.15) is 30.1 Å². The summed E-state index contributed by atoms with van der Waals surface area (Å²) in [5.74, 6) is -0.740. The second-order valence-corrected chi connectivity index (χ2v) is 6.49. The summed E-state index contributed by atoms with van der Waals surface area (Å²) in [5.41, 5.74) is -0.0198. The average Bonchev–Trinajstić information content (AvgIpc) is 3.51. The Bertz CT molecular complexity index is 905. The van der Waals surface area contributed by atoms with Crippen molar-refractivity contribution in [3.8, 4) is 5.75 Å². The monoisotopic (exact) mass is 382 g/mol. The molecule has 1 fully saturated rings. The van der Waals surface area contributed by atoms with E-state index >= 15 is 0 Å². The second kappa shape index (κ2) is 8.12. The van der Waals surface area contributed by atoms with Crippen LogP contribution in [0.5, 0.6) is 5.75 Å². The number of esters is 1. The summed E-state index contributed by atoms with van der Waals surface area (Å²) in [7, 11) is 1.54. The van der Waals surface area contributed by atoms with Crippen molar-refractivity contribution in [2.45, 2.75) is 19.8 Å². The molecule has 0 unspecified atom stereocenters. The number of para-hydroxylation sites is 1. The Kier molecular flexibility index (Phi) is 5.63. The van der Waals surface area contributed by atoms with Gasteiger partial charge in [0.05, 0.1) is 25.0 Å². The zero-order valence-corrected chi connectivity index (χ0v) is 15.8. The Morgan fingerprint density at radius 1 is 1.00 bits per heavy atom. The second-order valence-electron chi connectivity index (χ2n) is 6.49. The van der Waals surface area contributed by atoms with E-state index in [0.717, 1.165) is 0 Å². The first-order chi connectivity index (χ1) is 13.5. The van der Waals surface area contributed by atoms with E-state index in [-0.39, 0.29) is 18.1 Å². The number of carbonyl (C=O) groups excluding carboxylic acids is 3. The van der Waals surface area contributed by atoms with E-state index in [4.69, 9.17) is 9.47 Å². The zero-order valence-electron chi connectivity index (χ0n) is 15.8. The Balaban J connectivity index is 1.74. The third-order valence-electron chi connectivity index (χ3n) is 4.62. The molecule has 1 aliphatic rings. The summed E-state index contributed by atoms with van der Waals surface area (Å²) >= 11 is 0. The maximum atomic E-state index is 12.8. The van der Waals surface area contributed by atoms with Gasteiger partial charge in [-0.05, 0) is 44.0 Å². The van der Waals surface area contributed by atoms with E-state index in [9.17, 15) is 14.4 Å². The fourth-order valence-corrected chi connectivity index (χ4v) is 2.85. The predicted molar refractivity (Wildman–Crippen MR) is 104 cm³/mol. The van der Waals surface area contributed by atoms with E-state index in [2.05, 4.69) is 10.6 Å². The standard InChI is InChI=1S/C21H22N2O5/c1-3-28-18(24)16-9-4-5-10-17(16)23-20(26)21(11-12-21)19(25)22-14-7-6-8-15(13-14)27-2/h4-10,13H,3,11-12H2,1-2H3,(H,22,25)(H,23,26). The van der Waals surface area contributed by atoms with Crippen LogP contribution in [0.25, 0.3) is 0 Å². The topological polar surface area (TPSA) is 93.7 Å². The first-order valence-corrected chi connectivity index (χ1v) is 9.03. The molecule has 2 aromatic rings. The number of hydrogen-bond acceptors (Lipinski definition) is 5. The van der Waals surface area contributed by atoms with Crippen molar-refractivity contribution in [1.29, 1.82) is 0 Å². The smallest absolute Gasteiger partial charge is 0.340 e. The van der Waals surface area contributed by atoms with Gasteiger partial charge in [0, 0.05) is 11.8 Å². The zero-order chi connectivity index (χ0) is 20.1. The van der Waals surface area contributed by atoms with Gasteiger partial charge in [-0.3, -0.25) is 9.59 Å². The molecule has 2 amide bonds. The first-order valence-electron chi connectivity index (χ1n) is 9.03. The molecule has 28 heavy (non-hydrogen) atoms. The molecule has 146 valence electrons.